The third-order valence-electron chi connectivity index (χ3n) is 5.10. The molecule has 6 heteroatoms. The second-order valence-electron chi connectivity index (χ2n) is 6.66. The molecule has 1 heterocycles. The van der Waals surface area contributed by atoms with Gasteiger partial charge in [0.15, 0.2) is 0 Å². The first-order valence-corrected chi connectivity index (χ1v) is 8.37. The lowest BCUT2D eigenvalue weighted by molar-refractivity contribution is 0.00919. The summed E-state index contributed by atoms with van der Waals surface area (Å²) in [6.07, 6.45) is 3.43. The number of hydrogen-bond acceptors (Lipinski definition) is 4. The van der Waals surface area contributed by atoms with Crippen molar-refractivity contribution in [1.29, 1.82) is 5.26 Å². The number of rotatable bonds is 4. The molecule has 0 spiro atoms. The Kier molecular flexibility index (Phi) is 6.61. The maximum Gasteiger partial charge on any atom is 0.251 e. The molecule has 1 aromatic rings. The molecule has 1 aromatic carbocycles. The molecular weight excluding hydrogens is 326 g/mol. The highest BCUT2D eigenvalue weighted by molar-refractivity contribution is 5.94. The highest BCUT2D eigenvalue weighted by Gasteiger charge is 2.39. The van der Waals surface area contributed by atoms with Crippen molar-refractivity contribution in [3.63, 3.8) is 0 Å². The number of nitrogens with zero attached hydrogens (tertiary/aromatic N) is 1. The first-order valence-electron chi connectivity index (χ1n) is 8.37. The van der Waals surface area contributed by atoms with Gasteiger partial charge in [0.25, 0.3) is 5.91 Å². The van der Waals surface area contributed by atoms with Gasteiger partial charge < -0.3 is 15.7 Å². The zero-order chi connectivity index (χ0) is 16.2. The van der Waals surface area contributed by atoms with Crippen LogP contribution in [0, 0.1) is 23.2 Å². The van der Waals surface area contributed by atoms with Crippen LogP contribution in [0.4, 0.5) is 0 Å². The van der Waals surface area contributed by atoms with E-state index in [4.69, 9.17) is 5.26 Å². The number of piperidine rings is 1. The number of carbonyl (C=O) groups is 1. The molecule has 0 radical (unpaired) electrons. The van der Waals surface area contributed by atoms with Crippen molar-refractivity contribution in [1.82, 2.24) is 10.6 Å². The molecule has 2 fully saturated rings. The summed E-state index contributed by atoms with van der Waals surface area (Å²) >= 11 is 0. The van der Waals surface area contributed by atoms with Gasteiger partial charge in [-0.25, -0.2) is 0 Å². The Bertz CT molecular complexity index is 605. The molecule has 2 aliphatic rings. The van der Waals surface area contributed by atoms with E-state index in [2.05, 4.69) is 16.7 Å². The molecule has 1 saturated carbocycles. The van der Waals surface area contributed by atoms with Crippen LogP contribution in [0.3, 0.4) is 0 Å². The van der Waals surface area contributed by atoms with Gasteiger partial charge in [-0.05, 0) is 68.8 Å². The van der Waals surface area contributed by atoms with E-state index in [0.717, 1.165) is 38.8 Å². The number of carbonyl (C=O) groups excluding carboxylic acids is 1. The molecule has 5 nitrogen and oxygen atoms in total. The Hall–Kier alpha value is -1.61. The van der Waals surface area contributed by atoms with Crippen molar-refractivity contribution in [3.05, 3.63) is 35.4 Å². The minimum atomic E-state index is -0.219. The second kappa shape index (κ2) is 8.48. The summed E-state index contributed by atoms with van der Waals surface area (Å²) in [5.74, 6) is 0.695. The van der Waals surface area contributed by atoms with Crippen LogP contribution in [0.2, 0.25) is 0 Å². The van der Waals surface area contributed by atoms with Gasteiger partial charge in [-0.3, -0.25) is 4.79 Å². The van der Waals surface area contributed by atoms with Crippen molar-refractivity contribution in [3.8, 4) is 6.07 Å². The van der Waals surface area contributed by atoms with Crippen molar-refractivity contribution in [2.75, 3.05) is 13.1 Å². The molecule has 24 heavy (non-hydrogen) atoms. The molecule has 3 N–H and O–H groups in total. The van der Waals surface area contributed by atoms with E-state index in [-0.39, 0.29) is 30.5 Å². The first kappa shape index (κ1) is 18.7. The Morgan fingerprint density at radius 3 is 2.62 bits per heavy atom. The third-order valence-corrected chi connectivity index (χ3v) is 5.10. The summed E-state index contributed by atoms with van der Waals surface area (Å²) < 4.78 is 0. The van der Waals surface area contributed by atoms with Gasteiger partial charge in [-0.1, -0.05) is 6.07 Å². The standard InChI is InChI=1S/C18H23N3O2.ClH/c19-11-12-2-1-3-14(8-12)18(23)21-17(15-9-16(22)10-15)13-4-6-20-7-5-13;/h1-3,8,13,15-17,20,22H,4-7,9-10H2,(H,21,23);1H. The normalized spacial score (nSPS) is 24.8. The van der Waals surface area contributed by atoms with Crippen LogP contribution in [0.25, 0.3) is 0 Å². The van der Waals surface area contributed by atoms with Crippen molar-refractivity contribution in [2.45, 2.75) is 37.8 Å². The fourth-order valence-electron chi connectivity index (χ4n) is 3.71. The molecule has 3 rings (SSSR count). The van der Waals surface area contributed by atoms with Gasteiger partial charge in [0.1, 0.15) is 0 Å². The Balaban J connectivity index is 0.00000208. The number of hydrogen-bond donors (Lipinski definition) is 3. The minimum absolute atomic E-state index is 0. The number of nitriles is 1. The molecule has 0 aromatic heterocycles. The minimum Gasteiger partial charge on any atom is -0.393 e. The van der Waals surface area contributed by atoms with Crippen molar-refractivity contribution < 1.29 is 9.90 Å². The predicted molar refractivity (Wildman–Crippen MR) is 94.0 cm³/mol. The summed E-state index contributed by atoms with van der Waals surface area (Å²) in [6, 6.07) is 8.98. The Labute approximate surface area is 148 Å². The number of aliphatic hydroxyl groups is 1. The van der Waals surface area contributed by atoms with Gasteiger partial charge in [0.05, 0.1) is 17.7 Å². The predicted octanol–water partition coefficient (Wildman–Crippen LogP) is 1.85. The number of nitrogens with one attached hydrogen (secondary N) is 2. The fraction of sp³-hybridized carbons (Fsp3) is 0.556. The topological polar surface area (TPSA) is 85.2 Å². The van der Waals surface area contributed by atoms with Gasteiger partial charge in [-0.15, -0.1) is 12.4 Å². The average Bonchev–Trinajstić information content (AvgIpc) is 2.58. The highest BCUT2D eigenvalue weighted by Crippen LogP contribution is 2.35. The third kappa shape index (κ3) is 4.27. The lowest BCUT2D eigenvalue weighted by atomic mass is 9.71. The van der Waals surface area contributed by atoms with Gasteiger partial charge >= 0.3 is 0 Å². The lowest BCUT2D eigenvalue weighted by Crippen LogP contribution is -2.52. The average molecular weight is 350 g/mol. The lowest BCUT2D eigenvalue weighted by Gasteiger charge is -2.43. The molecule has 1 aliphatic carbocycles. The molecule has 1 aliphatic heterocycles. The summed E-state index contributed by atoms with van der Waals surface area (Å²) in [7, 11) is 0. The van der Waals surface area contributed by atoms with E-state index in [9.17, 15) is 9.90 Å². The van der Waals surface area contributed by atoms with E-state index in [1.807, 2.05) is 0 Å². The van der Waals surface area contributed by atoms with Crippen LogP contribution < -0.4 is 10.6 Å². The van der Waals surface area contributed by atoms with Crippen LogP contribution in [-0.4, -0.2) is 36.2 Å². The summed E-state index contributed by atoms with van der Waals surface area (Å²) in [6.45, 7) is 1.96. The second-order valence-corrected chi connectivity index (χ2v) is 6.66. The largest absolute Gasteiger partial charge is 0.393 e. The fourth-order valence-corrected chi connectivity index (χ4v) is 3.71. The van der Waals surface area contributed by atoms with E-state index in [0.29, 0.717) is 23.0 Å². The quantitative estimate of drug-likeness (QED) is 0.774. The molecule has 1 amide bonds. The monoisotopic (exact) mass is 349 g/mol. The van der Waals surface area contributed by atoms with Crippen LogP contribution in [-0.2, 0) is 0 Å². The summed E-state index contributed by atoms with van der Waals surface area (Å²) in [5.41, 5.74) is 1.03. The van der Waals surface area contributed by atoms with E-state index >= 15 is 0 Å². The van der Waals surface area contributed by atoms with Gasteiger partial charge in [0.2, 0.25) is 0 Å². The number of aliphatic hydroxyl groups excluding tert-OH is 1. The van der Waals surface area contributed by atoms with Gasteiger partial charge in [0, 0.05) is 11.6 Å². The maximum absolute atomic E-state index is 12.6. The van der Waals surface area contributed by atoms with Crippen LogP contribution in [0.5, 0.6) is 0 Å². The number of amides is 1. The van der Waals surface area contributed by atoms with E-state index < -0.39 is 0 Å². The van der Waals surface area contributed by atoms with Gasteiger partial charge in [-0.2, -0.15) is 5.26 Å². The van der Waals surface area contributed by atoms with Crippen LogP contribution in [0.15, 0.2) is 24.3 Å². The van der Waals surface area contributed by atoms with Crippen LogP contribution >= 0.6 is 12.4 Å². The zero-order valence-electron chi connectivity index (χ0n) is 13.6. The zero-order valence-corrected chi connectivity index (χ0v) is 14.4. The SMILES string of the molecule is Cl.N#Cc1cccc(C(=O)NC(C2CCNCC2)C2CC(O)C2)c1. The molecule has 1 unspecified atom stereocenters. The Morgan fingerprint density at radius 1 is 1.29 bits per heavy atom. The van der Waals surface area contributed by atoms with Crippen LogP contribution in [0.1, 0.15) is 41.6 Å². The highest BCUT2D eigenvalue weighted by atomic mass is 35.5. The van der Waals surface area contributed by atoms with Crippen molar-refractivity contribution in [2.24, 2.45) is 11.8 Å². The van der Waals surface area contributed by atoms with E-state index in [1.165, 1.54) is 0 Å². The number of benzene rings is 1. The van der Waals surface area contributed by atoms with Crippen molar-refractivity contribution >= 4 is 18.3 Å². The maximum atomic E-state index is 12.6. The Morgan fingerprint density at radius 2 is 2.00 bits per heavy atom. The molecular formula is C18H24ClN3O2. The smallest absolute Gasteiger partial charge is 0.251 e. The number of halogens is 1. The summed E-state index contributed by atoms with van der Waals surface area (Å²) in [5, 5.41) is 25.1. The molecule has 1 saturated heterocycles. The van der Waals surface area contributed by atoms with E-state index in [1.54, 1.807) is 24.3 Å². The molecule has 0 bridgehead atoms. The summed E-state index contributed by atoms with van der Waals surface area (Å²) in [4.78, 5) is 12.6. The molecule has 130 valence electrons. The first-order chi connectivity index (χ1) is 11.2. The molecule has 1 atom stereocenters.